The monoisotopic (exact) mass is 1820 g/mol. The second kappa shape index (κ2) is 43.2. The lowest BCUT2D eigenvalue weighted by atomic mass is 9.96. The van der Waals surface area contributed by atoms with Crippen LogP contribution in [0.3, 0.4) is 0 Å². The zero-order valence-electron chi connectivity index (χ0n) is 72.1. The number of halogens is 1. The van der Waals surface area contributed by atoms with Crippen molar-refractivity contribution in [2.75, 3.05) is 57.8 Å². The van der Waals surface area contributed by atoms with E-state index in [1.165, 1.54) is 56.2 Å². The lowest BCUT2D eigenvalue weighted by molar-refractivity contribution is -0.118. The number of aromatic nitrogens is 8. The normalized spacial score (nSPS) is 14.5. The number of ether oxygens (including phenoxy) is 1. The average Bonchev–Trinajstić information content (AvgIpc) is 1.18. The highest BCUT2D eigenvalue weighted by Gasteiger charge is 2.29. The summed E-state index contributed by atoms with van der Waals surface area (Å²) in [4.78, 5) is 92.8. The average molecular weight is 1820 g/mol. The number of anilines is 1. The van der Waals surface area contributed by atoms with Gasteiger partial charge < -0.3 is 18.7 Å². The van der Waals surface area contributed by atoms with Gasteiger partial charge >= 0.3 is 0 Å². The van der Waals surface area contributed by atoms with E-state index in [1.54, 1.807) is 83.2 Å². The quantitative estimate of drug-likeness (QED) is 0.0250. The van der Waals surface area contributed by atoms with Crippen LogP contribution in [0.5, 0.6) is 5.75 Å². The number of fused-ring (bicyclic) bond motifs is 7. The molecule has 0 saturated heterocycles. The van der Waals surface area contributed by atoms with Crippen molar-refractivity contribution >= 4 is 75.5 Å². The van der Waals surface area contributed by atoms with Crippen molar-refractivity contribution in [1.82, 2.24) is 90.7 Å². The van der Waals surface area contributed by atoms with E-state index in [0.717, 1.165) is 192 Å². The van der Waals surface area contributed by atoms with E-state index in [-0.39, 0.29) is 5.91 Å². The lowest BCUT2D eigenvalue weighted by Gasteiger charge is -2.29. The molecule has 0 saturated carbocycles. The Morgan fingerprint density at radius 3 is 1.45 bits per heavy atom. The van der Waals surface area contributed by atoms with Gasteiger partial charge in [0.15, 0.2) is 5.82 Å². The van der Waals surface area contributed by atoms with Gasteiger partial charge in [0.25, 0.3) is 35.4 Å². The first-order chi connectivity index (χ1) is 64.4. The van der Waals surface area contributed by atoms with Crippen LogP contribution in [0.1, 0.15) is 142 Å². The largest absolute Gasteiger partial charge is 0.496 e. The van der Waals surface area contributed by atoms with Gasteiger partial charge in [-0.3, -0.25) is 79.3 Å². The molecular weight excluding hydrogens is 1720 g/mol. The minimum Gasteiger partial charge on any atom is -0.496 e. The minimum atomic E-state index is -0.499. The number of methoxy groups -OCH3 is 1. The van der Waals surface area contributed by atoms with Crippen LogP contribution in [0.2, 0.25) is 5.02 Å². The Morgan fingerprint density at radius 1 is 0.447 bits per heavy atom. The van der Waals surface area contributed by atoms with Crippen molar-refractivity contribution in [2.24, 2.45) is 0 Å². The van der Waals surface area contributed by atoms with E-state index in [9.17, 15) is 28.8 Å². The number of carbonyl (C=O) groups excluding carboxylic acids is 6. The van der Waals surface area contributed by atoms with Gasteiger partial charge in [0.2, 0.25) is 17.6 Å². The number of carbonyl (C=O) groups is 6. The van der Waals surface area contributed by atoms with E-state index in [4.69, 9.17) is 51.4 Å². The predicted octanol–water partition coefficient (Wildman–Crippen LogP) is 12.6. The third-order valence-corrected chi connectivity index (χ3v) is 24.9. The number of nitrogens with one attached hydrogen (secondary N) is 5. The van der Waals surface area contributed by atoms with Crippen LogP contribution in [0.15, 0.2) is 234 Å². The van der Waals surface area contributed by atoms with Gasteiger partial charge in [-0.05, 0) is 238 Å². The predicted molar refractivity (Wildman–Crippen MR) is 488 cm³/mol. The number of hydrogen-bond acceptors (Lipinski definition) is 27. The summed E-state index contributed by atoms with van der Waals surface area (Å²) in [5, 5.41) is 56.9. The van der Waals surface area contributed by atoms with Crippen LogP contribution < -0.4 is 37.0 Å². The molecule has 20 rings (SSSR count). The molecule has 14 aromatic rings. The second-order valence-electron chi connectivity index (χ2n) is 32.6. The molecular formula is C97H96ClN19O14S. The van der Waals surface area contributed by atoms with Crippen LogP contribution in [-0.2, 0) is 102 Å². The van der Waals surface area contributed by atoms with Crippen molar-refractivity contribution in [3.05, 3.63) is 342 Å². The highest BCUT2D eigenvalue weighted by molar-refractivity contribution is 7.00. The molecule has 6 aliphatic heterocycles. The maximum absolute atomic E-state index is 12.7. The fraction of sp³-hybridized carbons (Fsp3) is 0.247. The Balaban J connectivity index is 0.000000120. The van der Waals surface area contributed by atoms with Crippen LogP contribution in [0, 0.1) is 0 Å². The molecule has 0 aliphatic carbocycles. The Labute approximate surface area is 768 Å². The molecule has 0 bridgehead atoms. The molecule has 10 heterocycles. The molecule has 6 aliphatic rings. The second-order valence-corrected chi connectivity index (χ2v) is 33.5. The van der Waals surface area contributed by atoms with Crippen LogP contribution in [0.25, 0.3) is 39.6 Å². The number of rotatable bonds is 20. The number of amides is 6. The van der Waals surface area contributed by atoms with Crippen LogP contribution in [-0.4, -0.2) is 178 Å². The minimum absolute atomic E-state index is 0.181. The summed E-state index contributed by atoms with van der Waals surface area (Å²) in [6, 6.07) is 67.0. The highest BCUT2D eigenvalue weighted by atomic mass is 35.5. The molecule has 0 fully saturated rings. The van der Waals surface area contributed by atoms with Crippen molar-refractivity contribution < 1.29 is 68.6 Å². The molecule has 0 radical (unpaired) electrons. The van der Waals surface area contributed by atoms with Crippen LogP contribution >= 0.6 is 23.3 Å². The van der Waals surface area contributed by atoms with Crippen molar-refractivity contribution in [1.29, 1.82) is 0 Å². The topological polar surface area (TPSA) is 414 Å². The number of para-hydroxylation sites is 2. The smallest absolute Gasteiger partial charge is 0.274 e. The fourth-order valence-electron chi connectivity index (χ4n) is 17.1. The van der Waals surface area contributed by atoms with Gasteiger partial charge in [-0.2, -0.15) is 23.8 Å². The van der Waals surface area contributed by atoms with Crippen LogP contribution in [0.4, 0.5) is 5.69 Å². The lowest BCUT2D eigenvalue weighted by Crippen LogP contribution is -2.36. The van der Waals surface area contributed by atoms with Crippen molar-refractivity contribution in [3.63, 3.8) is 0 Å². The molecule has 4 aromatic heterocycles. The standard InChI is InChI=1S/C21H23N3O3.C20H20N4O4.C20H20N4O2.C19H17ClN4O3.C17H16N4O2S/c25-20(24-12-8-15-3-1-2-4-19(15)24)9-11-23-10-7-16-13-17(21(26)22-27)5-6-18(16)14-23;1-27-17-5-3-2-4-16(17)20-21-18(23-28-20)12-24-9-8-13-10-14(19(25)22-26)6-7-15(13)11-24;25-20(22-26)17-4-5-18-14-23(11-8-16(18)12-17)13-15-2-6-19(7-3-15)24-10-1-9-21-24;20-16-5-3-12(4-6-16)18-21-17(27-23-18)11-24-8-7-13-9-14(19(25)22-26)1-2-15(13)10-24;22-17(18-23)12-4-5-13-9-21(7-6-11(13)8-12)10-14-2-1-3-15-16(14)20-24-19-15/h1-6,13,27H,7-12,14H2,(H,22,26);2-7,10,26H,8-9,11-12H2,1H3,(H,22,25);1-7,9-10,12,26H,8,11,13-14H2,(H,22,25);1-6,9,26H,7-8,10-11H2,(H,22,25);1-5,8,23H,6-7,9-10H2,(H,18,22). The number of nitrogens with zero attached hydrogens (tertiary/aromatic N) is 14. The summed E-state index contributed by atoms with van der Waals surface area (Å²) >= 11 is 7.15. The molecule has 35 heteroatoms. The number of benzene rings is 10. The molecule has 0 atom stereocenters. The first kappa shape index (κ1) is 91.3. The van der Waals surface area contributed by atoms with Gasteiger partial charge in [0.05, 0.1) is 43.2 Å². The summed E-state index contributed by atoms with van der Waals surface area (Å²) in [5.41, 5.74) is 31.7. The maximum Gasteiger partial charge on any atom is 0.274 e. The van der Waals surface area contributed by atoms with E-state index in [1.807, 2.05) is 149 Å². The summed E-state index contributed by atoms with van der Waals surface area (Å²) < 4.78 is 26.7. The molecule has 10 aromatic carbocycles. The Morgan fingerprint density at radius 2 is 0.932 bits per heavy atom. The van der Waals surface area contributed by atoms with Gasteiger partial charge in [-0.25, -0.2) is 32.1 Å². The van der Waals surface area contributed by atoms with Gasteiger partial charge in [0.1, 0.15) is 16.8 Å². The van der Waals surface area contributed by atoms with E-state index >= 15 is 0 Å². The van der Waals surface area contributed by atoms with Gasteiger partial charge in [-0.15, -0.1) is 0 Å². The SMILES string of the molecule is COc1ccccc1-c1nc(CN2CCc3cc(C(=O)NO)ccc3C2)no1.O=C(NO)c1ccc2c(c1)CCN(CCC(=O)N1CCc3ccccc31)C2.O=C(NO)c1ccc2c(c1)CCN(Cc1ccc(-n3cccn3)cc1)C2.O=C(NO)c1ccc2c(c1)CCN(Cc1cccc3nsnc13)C2.O=C(NO)c1ccc2c(c1)CCN(Cc1nc(-c3ccc(Cl)cc3)no1)C2. The fourth-order valence-corrected chi connectivity index (χ4v) is 17.8. The molecule has 0 spiro atoms. The van der Waals surface area contributed by atoms with Gasteiger partial charge in [-0.1, -0.05) is 107 Å². The summed E-state index contributed by atoms with van der Waals surface area (Å²) in [6.07, 6.45) is 9.37. The zero-order valence-corrected chi connectivity index (χ0v) is 73.7. The van der Waals surface area contributed by atoms with Crippen molar-refractivity contribution in [2.45, 2.75) is 104 Å². The van der Waals surface area contributed by atoms with E-state index in [2.05, 4.69) is 95.0 Å². The summed E-state index contributed by atoms with van der Waals surface area (Å²) in [6.45, 7) is 12.6. The van der Waals surface area contributed by atoms with E-state index in [0.29, 0.717) is 81.5 Å². The highest BCUT2D eigenvalue weighted by Crippen LogP contribution is 2.34. The first-order valence-electron chi connectivity index (χ1n) is 43.1. The molecule has 676 valence electrons. The third-order valence-electron chi connectivity index (χ3n) is 24.1. The molecule has 33 nitrogen and oxygen atoms in total. The zero-order chi connectivity index (χ0) is 91.6. The Bertz CT molecular complexity index is 6450. The molecule has 0 unspecified atom stereocenters. The Kier molecular flexibility index (Phi) is 29.9. The van der Waals surface area contributed by atoms with Gasteiger partial charge in [0, 0.05) is 155 Å². The molecule has 10 N–H and O–H groups in total. The molecule has 6 amide bonds. The van der Waals surface area contributed by atoms with Crippen molar-refractivity contribution in [3.8, 4) is 34.3 Å². The summed E-state index contributed by atoms with van der Waals surface area (Å²) in [7, 11) is 1.61. The number of hydrogen-bond donors (Lipinski definition) is 10. The number of hydroxylamine groups is 5. The molecule has 132 heavy (non-hydrogen) atoms. The van der Waals surface area contributed by atoms with E-state index < -0.39 is 29.5 Å². The third kappa shape index (κ3) is 22.5. The Hall–Kier alpha value is -14.0. The summed E-state index contributed by atoms with van der Waals surface area (Å²) in [5.74, 6) is 0.588. The maximum atomic E-state index is 12.7. The first-order valence-corrected chi connectivity index (χ1v) is 44.2.